The second kappa shape index (κ2) is 3.65. The SMILES string of the molecule is COc1cc(Br)c(F)nc1[N+](=O)[O-]. The first kappa shape index (κ1) is 9.85. The van der Waals surface area contributed by atoms with Crippen LogP contribution in [0, 0.1) is 16.1 Å². The van der Waals surface area contributed by atoms with Crippen molar-refractivity contribution in [1.29, 1.82) is 0 Å². The number of pyridine rings is 1. The lowest BCUT2D eigenvalue weighted by molar-refractivity contribution is -0.390. The van der Waals surface area contributed by atoms with Crippen LogP contribution in [-0.2, 0) is 0 Å². The zero-order chi connectivity index (χ0) is 10.0. The van der Waals surface area contributed by atoms with Gasteiger partial charge in [-0.05, 0) is 25.8 Å². The molecular formula is C6H4BrFN2O3. The highest BCUT2D eigenvalue weighted by atomic mass is 79.9. The molecule has 0 aliphatic carbocycles. The number of hydrogen-bond acceptors (Lipinski definition) is 4. The van der Waals surface area contributed by atoms with Gasteiger partial charge in [0, 0.05) is 6.07 Å². The summed E-state index contributed by atoms with van der Waals surface area (Å²) in [6.07, 6.45) is 0. The Morgan fingerprint density at radius 1 is 1.77 bits per heavy atom. The minimum atomic E-state index is -0.938. The molecule has 0 unspecified atom stereocenters. The van der Waals surface area contributed by atoms with Crippen LogP contribution in [0.25, 0.3) is 0 Å². The summed E-state index contributed by atoms with van der Waals surface area (Å²) in [5, 5.41) is 10.3. The van der Waals surface area contributed by atoms with Gasteiger partial charge in [0.2, 0.25) is 5.75 Å². The fourth-order valence-electron chi connectivity index (χ4n) is 0.722. The van der Waals surface area contributed by atoms with Crippen LogP contribution in [0.2, 0.25) is 0 Å². The molecule has 0 saturated carbocycles. The van der Waals surface area contributed by atoms with Gasteiger partial charge in [-0.3, -0.25) is 0 Å². The average Bonchev–Trinajstić information content (AvgIpc) is 2.08. The van der Waals surface area contributed by atoms with Crippen molar-refractivity contribution in [2.45, 2.75) is 0 Å². The fourth-order valence-corrected chi connectivity index (χ4v) is 1.02. The van der Waals surface area contributed by atoms with E-state index >= 15 is 0 Å². The first-order valence-electron chi connectivity index (χ1n) is 3.10. The topological polar surface area (TPSA) is 65.3 Å². The number of nitrogens with zero attached hydrogens (tertiary/aromatic N) is 2. The maximum absolute atomic E-state index is 12.7. The van der Waals surface area contributed by atoms with E-state index in [4.69, 9.17) is 0 Å². The van der Waals surface area contributed by atoms with Gasteiger partial charge in [0.05, 0.1) is 7.11 Å². The van der Waals surface area contributed by atoms with E-state index in [9.17, 15) is 14.5 Å². The van der Waals surface area contributed by atoms with Crippen molar-refractivity contribution in [2.24, 2.45) is 0 Å². The van der Waals surface area contributed by atoms with Crippen LogP contribution >= 0.6 is 15.9 Å². The molecule has 0 saturated heterocycles. The number of rotatable bonds is 2. The Morgan fingerprint density at radius 2 is 2.38 bits per heavy atom. The molecule has 5 nitrogen and oxygen atoms in total. The van der Waals surface area contributed by atoms with Crippen LogP contribution in [-0.4, -0.2) is 17.0 Å². The molecule has 0 spiro atoms. The van der Waals surface area contributed by atoms with Crippen LogP contribution in [0.1, 0.15) is 0 Å². The van der Waals surface area contributed by atoms with E-state index in [-0.39, 0.29) is 10.2 Å². The second-order valence-corrected chi connectivity index (χ2v) is 2.90. The van der Waals surface area contributed by atoms with E-state index in [1.807, 2.05) is 0 Å². The average molecular weight is 251 g/mol. The van der Waals surface area contributed by atoms with Crippen molar-refractivity contribution in [2.75, 3.05) is 7.11 Å². The molecule has 1 heterocycles. The monoisotopic (exact) mass is 250 g/mol. The molecule has 13 heavy (non-hydrogen) atoms. The number of nitro groups is 1. The Morgan fingerprint density at radius 3 is 2.85 bits per heavy atom. The molecule has 0 bridgehead atoms. The summed E-state index contributed by atoms with van der Waals surface area (Å²) in [7, 11) is 1.24. The second-order valence-electron chi connectivity index (χ2n) is 2.04. The van der Waals surface area contributed by atoms with Gasteiger partial charge >= 0.3 is 11.8 Å². The van der Waals surface area contributed by atoms with Crippen molar-refractivity contribution in [3.05, 3.63) is 26.6 Å². The molecule has 0 aliphatic rings. The molecule has 1 aromatic heterocycles. The number of aromatic nitrogens is 1. The normalized spacial score (nSPS) is 9.77. The third kappa shape index (κ3) is 1.92. The van der Waals surface area contributed by atoms with Gasteiger partial charge in [0.25, 0.3) is 0 Å². The Labute approximate surface area is 80.8 Å². The van der Waals surface area contributed by atoms with Crippen LogP contribution in [0.3, 0.4) is 0 Å². The van der Waals surface area contributed by atoms with Crippen molar-refractivity contribution >= 4 is 21.7 Å². The van der Waals surface area contributed by atoms with Crippen molar-refractivity contribution < 1.29 is 14.1 Å². The maximum atomic E-state index is 12.7. The third-order valence-electron chi connectivity index (χ3n) is 1.27. The highest BCUT2D eigenvalue weighted by Gasteiger charge is 2.21. The van der Waals surface area contributed by atoms with E-state index in [1.165, 1.54) is 7.11 Å². The Hall–Kier alpha value is -1.24. The number of halogens is 2. The summed E-state index contributed by atoms with van der Waals surface area (Å²) in [6.45, 7) is 0. The summed E-state index contributed by atoms with van der Waals surface area (Å²) in [5.74, 6) is -1.66. The first-order valence-corrected chi connectivity index (χ1v) is 3.90. The maximum Gasteiger partial charge on any atom is 0.409 e. The number of methoxy groups -OCH3 is 1. The summed E-state index contributed by atoms with van der Waals surface area (Å²) in [6, 6.07) is 1.15. The molecule has 0 amide bonds. The third-order valence-corrected chi connectivity index (χ3v) is 1.83. The smallest absolute Gasteiger partial charge is 0.409 e. The summed E-state index contributed by atoms with van der Waals surface area (Å²) >= 11 is 2.83. The van der Waals surface area contributed by atoms with Crippen LogP contribution in [0.4, 0.5) is 10.2 Å². The lowest BCUT2D eigenvalue weighted by Gasteiger charge is -2.00. The molecule has 70 valence electrons. The molecule has 0 aromatic carbocycles. The standard InChI is InChI=1S/C6H4BrFN2O3/c1-13-4-2-3(7)5(8)9-6(4)10(11)12/h2H,1H3. The zero-order valence-corrected chi connectivity index (χ0v) is 8.04. The van der Waals surface area contributed by atoms with Crippen molar-refractivity contribution in [3.63, 3.8) is 0 Å². The zero-order valence-electron chi connectivity index (χ0n) is 6.45. The van der Waals surface area contributed by atoms with E-state index < -0.39 is 16.7 Å². The van der Waals surface area contributed by atoms with Gasteiger partial charge in [-0.2, -0.15) is 4.39 Å². The van der Waals surface area contributed by atoms with Gasteiger partial charge in [0.1, 0.15) is 4.47 Å². The van der Waals surface area contributed by atoms with Crippen molar-refractivity contribution in [1.82, 2.24) is 4.98 Å². The number of ether oxygens (including phenoxy) is 1. The van der Waals surface area contributed by atoms with Gasteiger partial charge in [-0.1, -0.05) is 0 Å². The number of hydrogen-bond donors (Lipinski definition) is 0. The molecule has 7 heteroatoms. The fraction of sp³-hybridized carbons (Fsp3) is 0.167. The lowest BCUT2D eigenvalue weighted by Crippen LogP contribution is -1.99. The van der Waals surface area contributed by atoms with E-state index in [1.54, 1.807) is 0 Å². The minimum Gasteiger partial charge on any atom is -0.489 e. The van der Waals surface area contributed by atoms with Gasteiger partial charge in [-0.25, -0.2) is 0 Å². The molecule has 0 aliphatic heterocycles. The summed E-state index contributed by atoms with van der Waals surface area (Å²) in [4.78, 5) is 12.6. The quantitative estimate of drug-likeness (QED) is 0.457. The van der Waals surface area contributed by atoms with Crippen LogP contribution < -0.4 is 4.74 Å². The van der Waals surface area contributed by atoms with Crippen LogP contribution in [0.15, 0.2) is 10.5 Å². The van der Waals surface area contributed by atoms with E-state index in [2.05, 4.69) is 25.7 Å². The van der Waals surface area contributed by atoms with E-state index in [0.29, 0.717) is 0 Å². The molecule has 1 aromatic rings. The Kier molecular flexibility index (Phi) is 2.76. The molecule has 0 N–H and O–H groups in total. The largest absolute Gasteiger partial charge is 0.489 e. The minimum absolute atomic E-state index is 0.0231. The summed E-state index contributed by atoms with van der Waals surface area (Å²) < 4.78 is 17.4. The summed E-state index contributed by atoms with van der Waals surface area (Å²) in [5.41, 5.74) is 0. The lowest BCUT2D eigenvalue weighted by atomic mass is 10.4. The molecular weight excluding hydrogens is 247 g/mol. The first-order chi connectivity index (χ1) is 6.06. The van der Waals surface area contributed by atoms with Gasteiger partial charge in [0.15, 0.2) is 0 Å². The van der Waals surface area contributed by atoms with Crippen molar-refractivity contribution in [3.8, 4) is 5.75 Å². The molecule has 0 fully saturated rings. The Balaban J connectivity index is 3.33. The predicted molar refractivity (Wildman–Crippen MR) is 45.1 cm³/mol. The molecule has 1 rings (SSSR count). The Bertz CT molecular complexity index is 358. The van der Waals surface area contributed by atoms with Gasteiger partial charge in [-0.15, -0.1) is 0 Å². The highest BCUT2D eigenvalue weighted by molar-refractivity contribution is 9.10. The highest BCUT2D eigenvalue weighted by Crippen LogP contribution is 2.28. The van der Waals surface area contributed by atoms with E-state index in [0.717, 1.165) is 6.07 Å². The van der Waals surface area contributed by atoms with Gasteiger partial charge < -0.3 is 14.9 Å². The van der Waals surface area contributed by atoms with Crippen LogP contribution in [0.5, 0.6) is 5.75 Å². The molecule has 0 radical (unpaired) electrons. The predicted octanol–water partition coefficient (Wildman–Crippen LogP) is 1.90. The molecule has 0 atom stereocenters.